The third kappa shape index (κ3) is 1.00. The number of para-hydroxylation sites is 1. The first-order chi connectivity index (χ1) is 5.79. The molecule has 0 radical (unpaired) electrons. The SMILES string of the molecule is O=c1ncc2ccccc2n1S. The Morgan fingerprint density at radius 2 is 2.08 bits per heavy atom. The molecule has 0 fully saturated rings. The Hall–Kier alpha value is -1.29. The van der Waals surface area contributed by atoms with Crippen molar-refractivity contribution >= 4 is 23.7 Å². The molecule has 60 valence electrons. The third-order valence-corrected chi connectivity index (χ3v) is 2.05. The number of aromatic nitrogens is 2. The summed E-state index contributed by atoms with van der Waals surface area (Å²) in [4.78, 5) is 14.6. The van der Waals surface area contributed by atoms with Crippen LogP contribution in [0.1, 0.15) is 0 Å². The van der Waals surface area contributed by atoms with E-state index in [9.17, 15) is 4.79 Å². The Labute approximate surface area is 74.2 Å². The van der Waals surface area contributed by atoms with E-state index in [1.807, 2.05) is 24.3 Å². The van der Waals surface area contributed by atoms with E-state index < -0.39 is 0 Å². The molecule has 1 aromatic carbocycles. The van der Waals surface area contributed by atoms with E-state index in [0.717, 1.165) is 10.9 Å². The van der Waals surface area contributed by atoms with E-state index in [2.05, 4.69) is 17.8 Å². The lowest BCUT2D eigenvalue weighted by Crippen LogP contribution is -2.15. The fraction of sp³-hybridized carbons (Fsp3) is 0. The summed E-state index contributed by atoms with van der Waals surface area (Å²) >= 11 is 4.01. The summed E-state index contributed by atoms with van der Waals surface area (Å²) in [5.74, 6) is 0. The molecule has 2 aromatic rings. The number of thiol groups is 1. The molecular formula is C8H6N2OS. The number of rotatable bonds is 0. The number of nitrogens with zero attached hydrogens (tertiary/aromatic N) is 2. The lowest BCUT2D eigenvalue weighted by Gasteiger charge is -1.99. The lowest BCUT2D eigenvalue weighted by molar-refractivity contribution is 1.07. The van der Waals surface area contributed by atoms with E-state index in [1.165, 1.54) is 3.97 Å². The van der Waals surface area contributed by atoms with Crippen molar-refractivity contribution in [3.63, 3.8) is 0 Å². The van der Waals surface area contributed by atoms with Crippen LogP contribution in [-0.4, -0.2) is 8.96 Å². The molecular weight excluding hydrogens is 172 g/mol. The van der Waals surface area contributed by atoms with Crippen LogP contribution in [0, 0.1) is 0 Å². The highest BCUT2D eigenvalue weighted by Crippen LogP contribution is 2.09. The maximum Gasteiger partial charge on any atom is 0.358 e. The highest BCUT2D eigenvalue weighted by molar-refractivity contribution is 7.78. The Bertz CT molecular complexity index is 478. The van der Waals surface area contributed by atoms with Gasteiger partial charge in [-0.05, 0) is 6.07 Å². The van der Waals surface area contributed by atoms with Crippen molar-refractivity contribution in [1.29, 1.82) is 0 Å². The van der Waals surface area contributed by atoms with Crippen molar-refractivity contribution in [2.24, 2.45) is 0 Å². The molecule has 12 heavy (non-hydrogen) atoms. The first-order valence-corrected chi connectivity index (χ1v) is 3.85. The molecule has 0 bridgehead atoms. The van der Waals surface area contributed by atoms with Gasteiger partial charge in [-0.2, -0.15) is 0 Å². The molecule has 0 aliphatic carbocycles. The molecule has 0 spiro atoms. The van der Waals surface area contributed by atoms with Crippen LogP contribution in [0.3, 0.4) is 0 Å². The van der Waals surface area contributed by atoms with Crippen LogP contribution in [0.5, 0.6) is 0 Å². The van der Waals surface area contributed by atoms with Crippen LogP contribution >= 0.6 is 12.8 Å². The molecule has 2 rings (SSSR count). The Morgan fingerprint density at radius 3 is 2.92 bits per heavy atom. The lowest BCUT2D eigenvalue weighted by atomic mass is 10.2. The van der Waals surface area contributed by atoms with Crippen LogP contribution in [0.2, 0.25) is 0 Å². The molecule has 0 saturated carbocycles. The van der Waals surface area contributed by atoms with Crippen molar-refractivity contribution in [1.82, 2.24) is 8.96 Å². The molecule has 3 nitrogen and oxygen atoms in total. The van der Waals surface area contributed by atoms with Gasteiger partial charge in [-0.15, -0.1) is 0 Å². The van der Waals surface area contributed by atoms with Gasteiger partial charge in [-0.3, -0.25) is 0 Å². The minimum Gasteiger partial charge on any atom is -0.245 e. The number of hydrogen-bond donors (Lipinski definition) is 1. The van der Waals surface area contributed by atoms with Crippen LogP contribution in [-0.2, 0) is 0 Å². The maximum absolute atomic E-state index is 11.0. The second-order valence-corrected chi connectivity index (χ2v) is 2.81. The fourth-order valence-electron chi connectivity index (χ4n) is 1.07. The van der Waals surface area contributed by atoms with Crippen molar-refractivity contribution in [3.05, 3.63) is 40.9 Å². The van der Waals surface area contributed by atoms with Gasteiger partial charge in [0.25, 0.3) is 0 Å². The predicted molar refractivity (Wildman–Crippen MR) is 50.4 cm³/mol. The summed E-state index contributed by atoms with van der Waals surface area (Å²) in [6.45, 7) is 0. The molecule has 0 N–H and O–H groups in total. The van der Waals surface area contributed by atoms with Crippen LogP contribution < -0.4 is 5.69 Å². The second-order valence-electron chi connectivity index (χ2n) is 2.41. The summed E-state index contributed by atoms with van der Waals surface area (Å²) in [6.07, 6.45) is 1.55. The minimum atomic E-state index is -0.350. The smallest absolute Gasteiger partial charge is 0.245 e. The summed E-state index contributed by atoms with van der Waals surface area (Å²) in [6, 6.07) is 7.46. The molecule has 0 amide bonds. The molecule has 0 saturated heterocycles. The highest BCUT2D eigenvalue weighted by atomic mass is 32.1. The van der Waals surface area contributed by atoms with E-state index in [4.69, 9.17) is 0 Å². The molecule has 1 heterocycles. The molecule has 0 aliphatic rings. The predicted octanol–water partition coefficient (Wildman–Crippen LogP) is 1.09. The average Bonchev–Trinajstić information content (AvgIpc) is 2.12. The topological polar surface area (TPSA) is 34.9 Å². The average molecular weight is 178 g/mol. The van der Waals surface area contributed by atoms with Gasteiger partial charge in [0.1, 0.15) is 0 Å². The van der Waals surface area contributed by atoms with Crippen LogP contribution in [0.25, 0.3) is 10.9 Å². The molecule has 0 aliphatic heterocycles. The van der Waals surface area contributed by atoms with Gasteiger partial charge in [0.15, 0.2) is 0 Å². The Morgan fingerprint density at radius 1 is 1.33 bits per heavy atom. The monoisotopic (exact) mass is 178 g/mol. The standard InChI is InChI=1S/C8H6N2OS/c11-8-9-5-6-3-1-2-4-7(6)10(8)12/h1-5,12H. The van der Waals surface area contributed by atoms with Gasteiger partial charge < -0.3 is 0 Å². The largest absolute Gasteiger partial charge is 0.358 e. The zero-order chi connectivity index (χ0) is 8.55. The Kier molecular flexibility index (Phi) is 1.62. The van der Waals surface area contributed by atoms with Crippen LogP contribution in [0.15, 0.2) is 35.3 Å². The summed E-state index contributed by atoms with van der Waals surface area (Å²) in [5, 5.41) is 0.909. The summed E-state index contributed by atoms with van der Waals surface area (Å²) < 4.78 is 1.23. The van der Waals surface area contributed by atoms with E-state index in [-0.39, 0.29) is 5.69 Å². The van der Waals surface area contributed by atoms with Crippen molar-refractivity contribution < 1.29 is 0 Å². The normalized spacial score (nSPS) is 10.4. The molecule has 1 aromatic heterocycles. The number of benzene rings is 1. The summed E-state index contributed by atoms with van der Waals surface area (Å²) in [5.41, 5.74) is 0.429. The summed E-state index contributed by atoms with van der Waals surface area (Å²) in [7, 11) is 0. The van der Waals surface area contributed by atoms with Crippen molar-refractivity contribution in [2.75, 3.05) is 0 Å². The van der Waals surface area contributed by atoms with Crippen molar-refractivity contribution in [3.8, 4) is 0 Å². The molecule has 0 atom stereocenters. The van der Waals surface area contributed by atoms with Gasteiger partial charge in [0.05, 0.1) is 5.52 Å². The molecule has 0 unspecified atom stereocenters. The third-order valence-electron chi connectivity index (χ3n) is 1.66. The highest BCUT2D eigenvalue weighted by Gasteiger charge is 1.97. The number of hydrogen-bond acceptors (Lipinski definition) is 3. The van der Waals surface area contributed by atoms with Gasteiger partial charge in [-0.25, -0.2) is 13.8 Å². The zero-order valence-electron chi connectivity index (χ0n) is 6.14. The van der Waals surface area contributed by atoms with Gasteiger partial charge in [-0.1, -0.05) is 31.0 Å². The zero-order valence-corrected chi connectivity index (χ0v) is 7.03. The quantitative estimate of drug-likeness (QED) is 0.613. The number of fused-ring (bicyclic) bond motifs is 1. The van der Waals surface area contributed by atoms with Gasteiger partial charge in [0.2, 0.25) is 0 Å². The molecule has 4 heteroatoms. The fourth-order valence-corrected chi connectivity index (χ4v) is 1.31. The first-order valence-electron chi connectivity index (χ1n) is 3.45. The van der Waals surface area contributed by atoms with E-state index >= 15 is 0 Å². The van der Waals surface area contributed by atoms with Crippen molar-refractivity contribution in [2.45, 2.75) is 0 Å². The van der Waals surface area contributed by atoms with E-state index in [0.29, 0.717) is 0 Å². The maximum atomic E-state index is 11.0. The van der Waals surface area contributed by atoms with Crippen LogP contribution in [0.4, 0.5) is 0 Å². The van der Waals surface area contributed by atoms with Gasteiger partial charge in [0, 0.05) is 11.6 Å². The Balaban J connectivity index is 3.01. The second kappa shape index (κ2) is 2.64. The van der Waals surface area contributed by atoms with E-state index in [1.54, 1.807) is 6.20 Å². The minimum absolute atomic E-state index is 0.350. The van der Waals surface area contributed by atoms with Gasteiger partial charge >= 0.3 is 5.69 Å². The first kappa shape index (κ1) is 7.36.